The van der Waals surface area contributed by atoms with E-state index in [0.29, 0.717) is 11.3 Å². The van der Waals surface area contributed by atoms with Gasteiger partial charge in [0.1, 0.15) is 0 Å². The standard InChI is InChI=1S/C14H27N5/c1-5-15-10-11-6-7-14(2,3)9-12(11)8-13-16-18-19(4)17-13/h11-12,15H,5-10H2,1-4H3. The third kappa shape index (κ3) is 4.00. The third-order valence-corrected chi connectivity index (χ3v) is 4.32. The normalized spacial score (nSPS) is 26.5. The Hall–Kier alpha value is -0.970. The first-order chi connectivity index (χ1) is 9.00. The number of hydrogen-bond donors (Lipinski definition) is 1. The number of hydrogen-bond acceptors (Lipinski definition) is 4. The fourth-order valence-electron chi connectivity index (χ4n) is 3.27. The van der Waals surface area contributed by atoms with Crippen molar-refractivity contribution in [3.63, 3.8) is 0 Å². The van der Waals surface area contributed by atoms with Gasteiger partial charge in [0.2, 0.25) is 0 Å². The second-order valence-corrected chi connectivity index (χ2v) is 6.63. The van der Waals surface area contributed by atoms with Crippen molar-refractivity contribution in [2.24, 2.45) is 24.3 Å². The van der Waals surface area contributed by atoms with Crippen molar-refractivity contribution >= 4 is 0 Å². The average Bonchev–Trinajstić information content (AvgIpc) is 2.73. The first-order valence-electron chi connectivity index (χ1n) is 7.44. The van der Waals surface area contributed by atoms with Gasteiger partial charge >= 0.3 is 0 Å². The highest BCUT2D eigenvalue weighted by Gasteiger charge is 2.35. The van der Waals surface area contributed by atoms with E-state index in [-0.39, 0.29) is 0 Å². The lowest BCUT2D eigenvalue weighted by Crippen LogP contribution is -2.37. The summed E-state index contributed by atoms with van der Waals surface area (Å²) in [6.07, 6.45) is 4.87. The van der Waals surface area contributed by atoms with Gasteiger partial charge in [-0.1, -0.05) is 20.8 Å². The minimum atomic E-state index is 0.454. The van der Waals surface area contributed by atoms with E-state index in [4.69, 9.17) is 0 Å². The van der Waals surface area contributed by atoms with Crippen molar-refractivity contribution < 1.29 is 0 Å². The maximum Gasteiger partial charge on any atom is 0.175 e. The number of aromatic nitrogens is 4. The molecule has 1 N–H and O–H groups in total. The first-order valence-corrected chi connectivity index (χ1v) is 7.44. The van der Waals surface area contributed by atoms with Gasteiger partial charge in [-0.3, -0.25) is 0 Å². The molecule has 1 fully saturated rings. The van der Waals surface area contributed by atoms with Gasteiger partial charge in [-0.05, 0) is 54.8 Å². The van der Waals surface area contributed by atoms with Crippen LogP contribution in [0.25, 0.3) is 0 Å². The van der Waals surface area contributed by atoms with E-state index in [9.17, 15) is 0 Å². The van der Waals surface area contributed by atoms with Gasteiger partial charge in [0.25, 0.3) is 0 Å². The Morgan fingerprint density at radius 3 is 2.79 bits per heavy atom. The number of nitrogens with one attached hydrogen (secondary N) is 1. The minimum Gasteiger partial charge on any atom is -0.317 e. The van der Waals surface area contributed by atoms with Crippen molar-refractivity contribution in [2.75, 3.05) is 13.1 Å². The zero-order chi connectivity index (χ0) is 13.9. The molecule has 1 aliphatic rings. The van der Waals surface area contributed by atoms with Crippen LogP contribution in [0.4, 0.5) is 0 Å². The number of rotatable bonds is 5. The predicted molar refractivity (Wildman–Crippen MR) is 75.7 cm³/mol. The van der Waals surface area contributed by atoms with Crippen LogP contribution in [0.3, 0.4) is 0 Å². The summed E-state index contributed by atoms with van der Waals surface area (Å²) < 4.78 is 0. The molecule has 1 aliphatic carbocycles. The van der Waals surface area contributed by atoms with Crippen LogP contribution >= 0.6 is 0 Å². The fourth-order valence-corrected chi connectivity index (χ4v) is 3.27. The molecule has 0 bridgehead atoms. The summed E-state index contributed by atoms with van der Waals surface area (Å²) in [7, 11) is 1.83. The quantitative estimate of drug-likeness (QED) is 0.882. The number of aryl methyl sites for hydroxylation is 1. The predicted octanol–water partition coefficient (Wildman–Crippen LogP) is 1.80. The molecule has 108 valence electrons. The Labute approximate surface area is 116 Å². The van der Waals surface area contributed by atoms with E-state index in [1.165, 1.54) is 19.3 Å². The van der Waals surface area contributed by atoms with E-state index < -0.39 is 0 Å². The molecule has 0 amide bonds. The lowest BCUT2D eigenvalue weighted by atomic mass is 9.66. The van der Waals surface area contributed by atoms with Crippen LogP contribution in [0, 0.1) is 17.3 Å². The van der Waals surface area contributed by atoms with Crippen molar-refractivity contribution in [3.05, 3.63) is 5.82 Å². The van der Waals surface area contributed by atoms with Crippen LogP contribution in [0.5, 0.6) is 0 Å². The second kappa shape index (κ2) is 5.99. The van der Waals surface area contributed by atoms with Crippen molar-refractivity contribution in [2.45, 2.75) is 46.5 Å². The summed E-state index contributed by atoms with van der Waals surface area (Å²) in [6.45, 7) is 9.11. The Balaban J connectivity index is 2.02. The molecule has 0 aliphatic heterocycles. The highest BCUT2D eigenvalue weighted by molar-refractivity contribution is 4.91. The van der Waals surface area contributed by atoms with E-state index >= 15 is 0 Å². The lowest BCUT2D eigenvalue weighted by molar-refractivity contribution is 0.115. The molecule has 1 aromatic heterocycles. The molecular formula is C14H27N5. The van der Waals surface area contributed by atoms with Crippen molar-refractivity contribution in [1.29, 1.82) is 0 Å². The molecule has 1 heterocycles. The Bertz CT molecular complexity index is 398. The summed E-state index contributed by atoms with van der Waals surface area (Å²) in [5, 5.41) is 15.9. The molecule has 2 unspecified atom stereocenters. The largest absolute Gasteiger partial charge is 0.317 e. The van der Waals surface area contributed by atoms with Crippen LogP contribution in [0.15, 0.2) is 0 Å². The van der Waals surface area contributed by atoms with Gasteiger partial charge in [-0.15, -0.1) is 10.2 Å². The zero-order valence-electron chi connectivity index (χ0n) is 12.7. The smallest absolute Gasteiger partial charge is 0.175 e. The van der Waals surface area contributed by atoms with Crippen LogP contribution < -0.4 is 5.32 Å². The summed E-state index contributed by atoms with van der Waals surface area (Å²) in [5.74, 6) is 2.32. The molecule has 5 heteroatoms. The molecular weight excluding hydrogens is 238 g/mol. The van der Waals surface area contributed by atoms with E-state index in [2.05, 4.69) is 41.5 Å². The zero-order valence-corrected chi connectivity index (χ0v) is 12.7. The molecule has 5 nitrogen and oxygen atoms in total. The average molecular weight is 265 g/mol. The van der Waals surface area contributed by atoms with E-state index in [0.717, 1.165) is 31.3 Å². The van der Waals surface area contributed by atoms with Gasteiger partial charge in [0.15, 0.2) is 5.82 Å². The summed E-state index contributed by atoms with van der Waals surface area (Å²) in [4.78, 5) is 1.56. The molecule has 0 aromatic carbocycles. The lowest BCUT2D eigenvalue weighted by Gasteiger charge is -2.40. The van der Waals surface area contributed by atoms with Crippen LogP contribution in [-0.2, 0) is 13.5 Å². The van der Waals surface area contributed by atoms with Crippen LogP contribution in [0.1, 0.15) is 45.9 Å². The summed E-state index contributed by atoms with van der Waals surface area (Å²) in [5.41, 5.74) is 0.454. The van der Waals surface area contributed by atoms with E-state index in [1.54, 1.807) is 4.80 Å². The molecule has 0 saturated heterocycles. The molecule has 0 radical (unpaired) electrons. The molecule has 1 saturated carbocycles. The molecule has 19 heavy (non-hydrogen) atoms. The first kappa shape index (κ1) is 14.4. The molecule has 2 atom stereocenters. The maximum absolute atomic E-state index is 4.34. The minimum absolute atomic E-state index is 0.454. The molecule has 1 aromatic rings. The van der Waals surface area contributed by atoms with Gasteiger partial charge in [0, 0.05) is 6.42 Å². The summed E-state index contributed by atoms with van der Waals surface area (Å²) >= 11 is 0. The SMILES string of the molecule is CCNCC1CCC(C)(C)CC1Cc1nnn(C)n1. The monoisotopic (exact) mass is 265 g/mol. The Morgan fingerprint density at radius 1 is 1.37 bits per heavy atom. The van der Waals surface area contributed by atoms with Crippen LogP contribution in [-0.4, -0.2) is 33.3 Å². The van der Waals surface area contributed by atoms with Crippen molar-refractivity contribution in [1.82, 2.24) is 25.5 Å². The van der Waals surface area contributed by atoms with Gasteiger partial charge < -0.3 is 5.32 Å². The Morgan fingerprint density at radius 2 is 2.16 bits per heavy atom. The highest BCUT2D eigenvalue weighted by Crippen LogP contribution is 2.42. The summed E-state index contributed by atoms with van der Waals surface area (Å²) in [6, 6.07) is 0. The maximum atomic E-state index is 4.34. The number of nitrogens with zero attached hydrogens (tertiary/aromatic N) is 4. The fraction of sp³-hybridized carbons (Fsp3) is 0.929. The topological polar surface area (TPSA) is 55.6 Å². The number of tetrazole rings is 1. The van der Waals surface area contributed by atoms with Gasteiger partial charge in [0.05, 0.1) is 7.05 Å². The third-order valence-electron chi connectivity index (χ3n) is 4.32. The van der Waals surface area contributed by atoms with Gasteiger partial charge in [-0.25, -0.2) is 0 Å². The Kier molecular flexibility index (Phi) is 4.55. The van der Waals surface area contributed by atoms with Crippen LogP contribution in [0.2, 0.25) is 0 Å². The molecule has 2 rings (SSSR count). The second-order valence-electron chi connectivity index (χ2n) is 6.63. The molecule has 0 spiro atoms. The van der Waals surface area contributed by atoms with E-state index in [1.807, 2.05) is 7.05 Å². The van der Waals surface area contributed by atoms with Crippen molar-refractivity contribution in [3.8, 4) is 0 Å². The van der Waals surface area contributed by atoms with Gasteiger partial charge in [-0.2, -0.15) is 4.80 Å². The highest BCUT2D eigenvalue weighted by atomic mass is 15.6.